The molecule has 0 aromatic heterocycles. The zero-order valence-corrected chi connectivity index (χ0v) is 10.3. The third kappa shape index (κ3) is 3.92. The summed E-state index contributed by atoms with van der Waals surface area (Å²) in [6.07, 6.45) is 1.80. The smallest absolute Gasteiger partial charge is 0.348 e. The van der Waals surface area contributed by atoms with Crippen molar-refractivity contribution in [2.45, 2.75) is 13.3 Å². The van der Waals surface area contributed by atoms with E-state index in [0.717, 1.165) is 6.08 Å². The Morgan fingerprint density at radius 1 is 1.53 bits per heavy atom. The number of nitriles is 1. The van der Waals surface area contributed by atoms with Crippen LogP contribution >= 0.6 is 0 Å². The lowest BCUT2D eigenvalue weighted by Gasteiger charge is -2.01. The first-order valence-electron chi connectivity index (χ1n) is 5.62. The van der Waals surface area contributed by atoms with Crippen LogP contribution in [0.15, 0.2) is 29.8 Å². The lowest BCUT2D eigenvalue weighted by molar-refractivity contribution is -0.385. The van der Waals surface area contributed by atoms with Gasteiger partial charge in [-0.05, 0) is 18.6 Å². The molecule has 0 heterocycles. The predicted octanol–water partition coefficient (Wildman–Crippen LogP) is 2.45. The van der Waals surface area contributed by atoms with E-state index in [4.69, 9.17) is 10.00 Å². The van der Waals surface area contributed by atoms with Crippen LogP contribution in [0.3, 0.4) is 0 Å². The number of hydrogen-bond donors (Lipinski definition) is 0. The van der Waals surface area contributed by atoms with Gasteiger partial charge in [-0.15, -0.1) is 0 Å². The molecule has 0 aliphatic heterocycles. The zero-order valence-electron chi connectivity index (χ0n) is 10.3. The Morgan fingerprint density at radius 3 is 2.79 bits per heavy atom. The normalized spacial score (nSPS) is 10.6. The van der Waals surface area contributed by atoms with E-state index in [1.54, 1.807) is 12.1 Å². The number of esters is 1. The van der Waals surface area contributed by atoms with E-state index in [1.165, 1.54) is 18.2 Å². The van der Waals surface area contributed by atoms with E-state index in [2.05, 4.69) is 0 Å². The van der Waals surface area contributed by atoms with E-state index < -0.39 is 10.9 Å². The Morgan fingerprint density at radius 2 is 2.21 bits per heavy atom. The number of nitro groups is 1. The van der Waals surface area contributed by atoms with Crippen molar-refractivity contribution < 1.29 is 14.5 Å². The summed E-state index contributed by atoms with van der Waals surface area (Å²) < 4.78 is 4.82. The van der Waals surface area contributed by atoms with Gasteiger partial charge < -0.3 is 4.74 Å². The fourth-order valence-electron chi connectivity index (χ4n) is 1.34. The maximum atomic E-state index is 11.5. The van der Waals surface area contributed by atoms with E-state index in [0.29, 0.717) is 6.42 Å². The number of rotatable bonds is 5. The molecule has 1 aromatic rings. The van der Waals surface area contributed by atoms with Gasteiger partial charge in [-0.1, -0.05) is 19.1 Å². The molecular weight excluding hydrogens is 248 g/mol. The zero-order chi connectivity index (χ0) is 14.3. The quantitative estimate of drug-likeness (QED) is 0.266. The van der Waals surface area contributed by atoms with Crippen molar-refractivity contribution in [3.8, 4) is 6.07 Å². The molecule has 0 N–H and O–H groups in total. The third-order valence-electron chi connectivity index (χ3n) is 2.21. The Hall–Kier alpha value is -2.68. The Bertz CT molecular complexity index is 558. The summed E-state index contributed by atoms with van der Waals surface area (Å²) in [4.78, 5) is 21.8. The second-order valence-electron chi connectivity index (χ2n) is 3.62. The first kappa shape index (κ1) is 14.4. The van der Waals surface area contributed by atoms with Crippen molar-refractivity contribution in [2.24, 2.45) is 0 Å². The fourth-order valence-corrected chi connectivity index (χ4v) is 1.34. The van der Waals surface area contributed by atoms with Crippen molar-refractivity contribution in [1.29, 1.82) is 5.26 Å². The van der Waals surface area contributed by atoms with Gasteiger partial charge in [-0.25, -0.2) is 4.79 Å². The first-order valence-corrected chi connectivity index (χ1v) is 5.62. The summed E-state index contributed by atoms with van der Waals surface area (Å²) in [5.41, 5.74) is -0.237. The Labute approximate surface area is 110 Å². The highest BCUT2D eigenvalue weighted by molar-refractivity contribution is 5.98. The van der Waals surface area contributed by atoms with Gasteiger partial charge in [-0.2, -0.15) is 5.26 Å². The van der Waals surface area contributed by atoms with Gasteiger partial charge in [0.2, 0.25) is 0 Å². The van der Waals surface area contributed by atoms with Crippen LogP contribution in [0, 0.1) is 21.4 Å². The van der Waals surface area contributed by atoms with E-state index >= 15 is 0 Å². The van der Waals surface area contributed by atoms with Crippen LogP contribution in [0.5, 0.6) is 0 Å². The molecular formula is C13H12N2O4. The number of benzene rings is 1. The second kappa shape index (κ2) is 6.91. The molecule has 0 saturated carbocycles. The fraction of sp³-hybridized carbons (Fsp3) is 0.231. The van der Waals surface area contributed by atoms with Crippen molar-refractivity contribution in [2.75, 3.05) is 6.61 Å². The van der Waals surface area contributed by atoms with Crippen molar-refractivity contribution >= 4 is 17.7 Å². The van der Waals surface area contributed by atoms with Gasteiger partial charge in [0.25, 0.3) is 5.69 Å². The minimum absolute atomic E-state index is 0.168. The van der Waals surface area contributed by atoms with E-state index in [9.17, 15) is 14.9 Å². The molecule has 0 aliphatic rings. The Balaban J connectivity index is 3.09. The number of hydrogen-bond acceptors (Lipinski definition) is 5. The SMILES string of the molecule is CCCOC(=O)/C(C#N)=C/c1ccccc1[N+](=O)[O-]. The highest BCUT2D eigenvalue weighted by Gasteiger charge is 2.15. The number of carbonyl (C=O) groups excluding carboxylic acids is 1. The molecule has 0 spiro atoms. The van der Waals surface area contributed by atoms with E-state index in [1.807, 2.05) is 6.92 Å². The molecule has 0 saturated heterocycles. The summed E-state index contributed by atoms with van der Waals surface area (Å²) >= 11 is 0. The molecule has 0 bridgehead atoms. The highest BCUT2D eigenvalue weighted by Crippen LogP contribution is 2.20. The van der Waals surface area contributed by atoms with Crippen LogP contribution in [0.25, 0.3) is 6.08 Å². The molecule has 19 heavy (non-hydrogen) atoms. The molecule has 0 unspecified atom stereocenters. The second-order valence-corrected chi connectivity index (χ2v) is 3.62. The molecule has 0 radical (unpaired) electrons. The lowest BCUT2D eigenvalue weighted by atomic mass is 10.1. The van der Waals surface area contributed by atoms with Gasteiger partial charge in [0.1, 0.15) is 11.6 Å². The monoisotopic (exact) mass is 260 g/mol. The standard InChI is InChI=1S/C13H12N2O4/c1-2-7-19-13(16)11(9-14)8-10-5-3-4-6-12(10)15(17)18/h3-6,8H,2,7H2,1H3/b11-8+. The number of carbonyl (C=O) groups is 1. The number of nitro benzene ring substituents is 1. The summed E-state index contributed by atoms with van der Waals surface area (Å²) in [6, 6.07) is 7.55. The molecule has 0 amide bonds. The van der Waals surface area contributed by atoms with Crippen LogP contribution < -0.4 is 0 Å². The van der Waals surface area contributed by atoms with Crippen molar-refractivity contribution in [3.05, 3.63) is 45.5 Å². The third-order valence-corrected chi connectivity index (χ3v) is 2.21. The average Bonchev–Trinajstić information content (AvgIpc) is 2.42. The molecule has 0 fully saturated rings. The molecule has 98 valence electrons. The van der Waals surface area contributed by atoms with Crippen LogP contribution in [-0.2, 0) is 9.53 Å². The summed E-state index contributed by atoms with van der Waals surface area (Å²) in [5, 5.41) is 19.7. The summed E-state index contributed by atoms with van der Waals surface area (Å²) in [6.45, 7) is 2.03. The minimum Gasteiger partial charge on any atom is -0.462 e. The molecule has 0 atom stereocenters. The van der Waals surface area contributed by atoms with Crippen LogP contribution in [-0.4, -0.2) is 17.5 Å². The van der Waals surface area contributed by atoms with Crippen LogP contribution in [0.4, 0.5) is 5.69 Å². The van der Waals surface area contributed by atoms with Gasteiger partial charge in [0, 0.05) is 6.07 Å². The Kier molecular flexibility index (Phi) is 5.23. The van der Waals surface area contributed by atoms with Gasteiger partial charge >= 0.3 is 5.97 Å². The maximum Gasteiger partial charge on any atom is 0.348 e. The highest BCUT2D eigenvalue weighted by atomic mass is 16.6. The van der Waals surface area contributed by atoms with Gasteiger partial charge in [-0.3, -0.25) is 10.1 Å². The molecule has 6 heteroatoms. The topological polar surface area (TPSA) is 93.2 Å². The largest absolute Gasteiger partial charge is 0.462 e. The van der Waals surface area contributed by atoms with Crippen LogP contribution in [0.2, 0.25) is 0 Å². The number of nitrogens with zero attached hydrogens (tertiary/aromatic N) is 2. The van der Waals surface area contributed by atoms with Gasteiger partial charge in [0.15, 0.2) is 0 Å². The van der Waals surface area contributed by atoms with E-state index in [-0.39, 0.29) is 23.4 Å². The molecule has 1 rings (SSSR count). The van der Waals surface area contributed by atoms with Gasteiger partial charge in [0.05, 0.1) is 17.1 Å². The van der Waals surface area contributed by atoms with Crippen LogP contribution in [0.1, 0.15) is 18.9 Å². The number of ether oxygens (including phenoxy) is 1. The predicted molar refractivity (Wildman–Crippen MR) is 67.9 cm³/mol. The first-order chi connectivity index (χ1) is 9.10. The number of para-hydroxylation sites is 1. The van der Waals surface area contributed by atoms with Crippen molar-refractivity contribution in [1.82, 2.24) is 0 Å². The molecule has 0 aliphatic carbocycles. The molecule has 6 nitrogen and oxygen atoms in total. The van der Waals surface area contributed by atoms with Crippen molar-refractivity contribution in [3.63, 3.8) is 0 Å². The summed E-state index contributed by atoms with van der Waals surface area (Å²) in [5.74, 6) is -0.775. The minimum atomic E-state index is -0.775. The summed E-state index contributed by atoms with van der Waals surface area (Å²) in [7, 11) is 0. The lowest BCUT2D eigenvalue weighted by Crippen LogP contribution is -2.07. The molecule has 1 aromatic carbocycles. The average molecular weight is 260 g/mol. The maximum absolute atomic E-state index is 11.5.